The molecule has 2 N–H and O–H groups in total. The van der Waals surface area contributed by atoms with Gasteiger partial charge in [0.05, 0.1) is 12.3 Å². The lowest BCUT2D eigenvalue weighted by Gasteiger charge is -2.12. The molecule has 0 fully saturated rings. The van der Waals surface area contributed by atoms with E-state index in [0.29, 0.717) is 6.07 Å². The minimum Gasteiger partial charge on any atom is -0.392 e. The Kier molecular flexibility index (Phi) is 4.67. The van der Waals surface area contributed by atoms with E-state index in [0.717, 1.165) is 18.2 Å². The molecule has 3 rings (SSSR count). The number of rotatable bonds is 4. The zero-order chi connectivity index (χ0) is 18.0. The van der Waals surface area contributed by atoms with Crippen molar-refractivity contribution < 1.29 is 22.7 Å². The number of nitrogens with one attached hydrogen (secondary N) is 1. The van der Waals surface area contributed by atoms with Gasteiger partial charge in [0.1, 0.15) is 34.8 Å². The highest BCUT2D eigenvalue weighted by molar-refractivity contribution is 5.68. The van der Waals surface area contributed by atoms with Crippen LogP contribution in [0.5, 0.6) is 0 Å². The number of aliphatic hydroxyl groups is 1. The molecule has 7 heteroatoms. The molecule has 1 heterocycles. The van der Waals surface area contributed by atoms with Gasteiger partial charge in [0.2, 0.25) is 0 Å². The number of nitrogens with zero attached hydrogens (tertiary/aromatic N) is 1. The Balaban J connectivity index is 2.06. The molecule has 0 saturated heterocycles. The van der Waals surface area contributed by atoms with Crippen LogP contribution in [0.25, 0.3) is 11.3 Å². The molecule has 0 unspecified atom stereocenters. The molecular weight excluding hydrogens is 336 g/mol. The Morgan fingerprint density at radius 1 is 0.880 bits per heavy atom. The van der Waals surface area contributed by atoms with Gasteiger partial charge in [-0.25, -0.2) is 22.5 Å². The Hall–Kier alpha value is -2.93. The molecule has 128 valence electrons. The third kappa shape index (κ3) is 3.46. The summed E-state index contributed by atoms with van der Waals surface area (Å²) in [6.07, 6.45) is 0. The SMILES string of the molecule is OCc1ccc(Nc2c(F)cccc2F)nc1-c1ccc(F)cc1F. The van der Waals surface area contributed by atoms with Crippen LogP contribution in [-0.4, -0.2) is 10.1 Å². The van der Waals surface area contributed by atoms with Crippen molar-refractivity contribution in [3.63, 3.8) is 0 Å². The zero-order valence-electron chi connectivity index (χ0n) is 12.7. The van der Waals surface area contributed by atoms with Crippen molar-refractivity contribution in [2.45, 2.75) is 6.61 Å². The van der Waals surface area contributed by atoms with Crippen LogP contribution in [0.3, 0.4) is 0 Å². The van der Waals surface area contributed by atoms with E-state index in [1.165, 1.54) is 24.3 Å². The molecule has 0 atom stereocenters. The third-order valence-corrected chi connectivity index (χ3v) is 3.55. The zero-order valence-corrected chi connectivity index (χ0v) is 12.7. The number of hydrogen-bond acceptors (Lipinski definition) is 3. The second-order valence-corrected chi connectivity index (χ2v) is 5.21. The van der Waals surface area contributed by atoms with E-state index in [4.69, 9.17) is 0 Å². The molecule has 1 aromatic heterocycles. The van der Waals surface area contributed by atoms with Crippen molar-refractivity contribution in [3.8, 4) is 11.3 Å². The highest BCUT2D eigenvalue weighted by Crippen LogP contribution is 2.29. The number of pyridine rings is 1. The van der Waals surface area contributed by atoms with Crippen molar-refractivity contribution in [1.82, 2.24) is 4.98 Å². The number of para-hydroxylation sites is 1. The number of benzene rings is 2. The number of anilines is 2. The Labute approximate surface area is 140 Å². The molecule has 0 saturated carbocycles. The van der Waals surface area contributed by atoms with Crippen molar-refractivity contribution >= 4 is 11.5 Å². The highest BCUT2D eigenvalue weighted by atomic mass is 19.1. The Morgan fingerprint density at radius 3 is 2.24 bits per heavy atom. The molecule has 3 nitrogen and oxygen atoms in total. The van der Waals surface area contributed by atoms with Crippen molar-refractivity contribution in [3.05, 3.63) is 77.4 Å². The predicted molar refractivity (Wildman–Crippen MR) is 85.2 cm³/mol. The Morgan fingerprint density at radius 2 is 1.60 bits per heavy atom. The van der Waals surface area contributed by atoms with Crippen LogP contribution in [-0.2, 0) is 6.61 Å². The summed E-state index contributed by atoms with van der Waals surface area (Å²) in [6.45, 7) is -0.437. The van der Waals surface area contributed by atoms with Crippen molar-refractivity contribution in [2.75, 3.05) is 5.32 Å². The van der Waals surface area contributed by atoms with E-state index in [2.05, 4.69) is 10.3 Å². The summed E-state index contributed by atoms with van der Waals surface area (Å²) in [6, 6.07) is 9.13. The highest BCUT2D eigenvalue weighted by Gasteiger charge is 2.15. The second-order valence-electron chi connectivity index (χ2n) is 5.21. The second kappa shape index (κ2) is 6.90. The van der Waals surface area contributed by atoms with Gasteiger partial charge >= 0.3 is 0 Å². The summed E-state index contributed by atoms with van der Waals surface area (Å²) < 4.78 is 54.6. The Bertz CT molecular complexity index is 911. The summed E-state index contributed by atoms with van der Waals surface area (Å²) in [7, 11) is 0. The van der Waals surface area contributed by atoms with Crippen molar-refractivity contribution in [2.24, 2.45) is 0 Å². The van der Waals surface area contributed by atoms with E-state index < -0.39 is 35.6 Å². The summed E-state index contributed by atoms with van der Waals surface area (Å²) >= 11 is 0. The maximum atomic E-state index is 14.0. The normalized spacial score (nSPS) is 10.8. The smallest absolute Gasteiger partial charge is 0.149 e. The van der Waals surface area contributed by atoms with Gasteiger partial charge in [-0.05, 0) is 30.3 Å². The monoisotopic (exact) mass is 348 g/mol. The van der Waals surface area contributed by atoms with Crippen LogP contribution < -0.4 is 5.32 Å². The summed E-state index contributed by atoms with van der Waals surface area (Å²) in [4.78, 5) is 4.11. The van der Waals surface area contributed by atoms with Crippen LogP contribution in [0, 0.1) is 23.3 Å². The predicted octanol–water partition coefficient (Wildman–Crippen LogP) is 4.54. The quantitative estimate of drug-likeness (QED) is 0.681. The van der Waals surface area contributed by atoms with Gasteiger partial charge in [0, 0.05) is 17.2 Å². The molecule has 3 aromatic rings. The van der Waals surface area contributed by atoms with Gasteiger partial charge in [-0.2, -0.15) is 0 Å². The molecule has 0 spiro atoms. The van der Waals surface area contributed by atoms with Gasteiger partial charge in [0.25, 0.3) is 0 Å². The maximum Gasteiger partial charge on any atom is 0.149 e. The molecule has 0 aliphatic heterocycles. The van der Waals surface area contributed by atoms with Gasteiger partial charge in [-0.1, -0.05) is 12.1 Å². The minimum atomic E-state index is -0.864. The fourth-order valence-corrected chi connectivity index (χ4v) is 2.35. The molecular formula is C18H12F4N2O. The number of aromatic nitrogens is 1. The molecule has 0 aliphatic carbocycles. The lowest BCUT2D eigenvalue weighted by atomic mass is 10.1. The largest absolute Gasteiger partial charge is 0.392 e. The minimum absolute atomic E-state index is 0.0388. The fraction of sp³-hybridized carbons (Fsp3) is 0.0556. The van der Waals surface area contributed by atoms with Crippen LogP contribution in [0.15, 0.2) is 48.5 Å². The lowest BCUT2D eigenvalue weighted by Crippen LogP contribution is -2.03. The third-order valence-electron chi connectivity index (χ3n) is 3.55. The average molecular weight is 348 g/mol. The lowest BCUT2D eigenvalue weighted by molar-refractivity contribution is 0.282. The van der Waals surface area contributed by atoms with Crippen molar-refractivity contribution in [1.29, 1.82) is 0 Å². The van der Waals surface area contributed by atoms with Gasteiger partial charge in [0.15, 0.2) is 0 Å². The number of hydrogen-bond donors (Lipinski definition) is 2. The standard InChI is InChI=1S/C18H12F4N2O/c19-11-5-6-12(15(22)8-11)17-10(9-25)4-7-16(23-17)24-18-13(20)2-1-3-14(18)21/h1-8,25H,9H2,(H,23,24). The van der Waals surface area contributed by atoms with E-state index >= 15 is 0 Å². The first kappa shape index (κ1) is 16.9. The number of halogens is 4. The number of aliphatic hydroxyl groups excluding tert-OH is 1. The maximum absolute atomic E-state index is 14.0. The van der Waals surface area contributed by atoms with Crippen LogP contribution in [0.1, 0.15) is 5.56 Å². The molecule has 0 aliphatic rings. The fourth-order valence-electron chi connectivity index (χ4n) is 2.35. The first-order chi connectivity index (χ1) is 12.0. The van der Waals surface area contributed by atoms with Crippen LogP contribution in [0.2, 0.25) is 0 Å². The van der Waals surface area contributed by atoms with E-state index in [-0.39, 0.29) is 22.6 Å². The first-order valence-electron chi connectivity index (χ1n) is 7.27. The van der Waals surface area contributed by atoms with E-state index in [1.807, 2.05) is 0 Å². The van der Waals surface area contributed by atoms with Crippen LogP contribution in [0.4, 0.5) is 29.1 Å². The van der Waals surface area contributed by atoms with E-state index in [9.17, 15) is 22.7 Å². The molecule has 2 aromatic carbocycles. The molecule has 25 heavy (non-hydrogen) atoms. The summed E-state index contributed by atoms with van der Waals surface area (Å²) in [5, 5.41) is 11.9. The van der Waals surface area contributed by atoms with E-state index in [1.54, 1.807) is 0 Å². The van der Waals surface area contributed by atoms with Gasteiger partial charge in [-0.3, -0.25) is 0 Å². The average Bonchev–Trinajstić information content (AvgIpc) is 2.58. The molecule has 0 amide bonds. The summed E-state index contributed by atoms with van der Waals surface area (Å²) in [5.41, 5.74) is -0.118. The van der Waals surface area contributed by atoms with Gasteiger partial charge < -0.3 is 10.4 Å². The molecule has 0 radical (unpaired) electrons. The topological polar surface area (TPSA) is 45.1 Å². The van der Waals surface area contributed by atoms with Crippen LogP contribution >= 0.6 is 0 Å². The molecule has 0 bridgehead atoms. The summed E-state index contributed by atoms with van der Waals surface area (Å²) in [5.74, 6) is -3.21. The first-order valence-corrected chi connectivity index (χ1v) is 7.27. The van der Waals surface area contributed by atoms with Gasteiger partial charge in [-0.15, -0.1) is 0 Å².